The van der Waals surface area contributed by atoms with Crippen LogP contribution in [-0.4, -0.2) is 28.3 Å². The Morgan fingerprint density at radius 2 is 2.05 bits per heavy atom. The first-order valence-electron chi connectivity index (χ1n) is 5.36. The minimum Gasteiger partial charge on any atom is -0.871 e. The second kappa shape index (κ2) is 7.72. The van der Waals surface area contributed by atoms with Gasteiger partial charge in [0.15, 0.2) is 0 Å². The third-order valence-corrected chi connectivity index (χ3v) is 2.04. The molecule has 0 fully saturated rings. The zero-order valence-electron chi connectivity index (χ0n) is 11.4. The summed E-state index contributed by atoms with van der Waals surface area (Å²) in [5.41, 5.74) is 1.13. The van der Waals surface area contributed by atoms with E-state index in [1.165, 1.54) is 6.20 Å². The van der Waals surface area contributed by atoms with Crippen molar-refractivity contribution >= 4 is 17.5 Å². The fraction of sp³-hybridized carbons (Fsp3) is 0.333. The monoisotopic (exact) mass is 256 g/mol. The zero-order valence-corrected chi connectivity index (χ0v) is 11.4. The molecule has 19 heavy (non-hydrogen) atoms. The van der Waals surface area contributed by atoms with E-state index in [1.54, 1.807) is 20.8 Å². The van der Waals surface area contributed by atoms with Gasteiger partial charge in [-0.05, 0) is 26.8 Å². The van der Waals surface area contributed by atoms with Crippen LogP contribution in [0.2, 0.25) is 0 Å². The zero-order chi connectivity index (χ0) is 13.7. The van der Waals surface area contributed by atoms with E-state index in [-0.39, 0.29) is 31.2 Å². The SMILES string of the molecule is CCOC(=O)C(=O)C=C([O-])c1ncc(C)nc1C.[Li+]. The third-order valence-electron chi connectivity index (χ3n) is 2.04. The molecule has 6 nitrogen and oxygen atoms in total. The van der Waals surface area contributed by atoms with Gasteiger partial charge < -0.3 is 9.84 Å². The number of nitrogens with zero attached hydrogens (tertiary/aromatic N) is 2. The molecular formula is C12H13LiN2O4. The van der Waals surface area contributed by atoms with E-state index >= 15 is 0 Å². The van der Waals surface area contributed by atoms with Crippen LogP contribution < -0.4 is 24.0 Å². The summed E-state index contributed by atoms with van der Waals surface area (Å²) in [6.45, 7) is 5.00. The molecule has 0 atom stereocenters. The molecule has 0 bridgehead atoms. The molecule has 0 unspecified atom stereocenters. The summed E-state index contributed by atoms with van der Waals surface area (Å²) < 4.78 is 4.48. The summed E-state index contributed by atoms with van der Waals surface area (Å²) in [6, 6.07) is 0. The quantitative estimate of drug-likeness (QED) is 0.187. The average molecular weight is 256 g/mol. The van der Waals surface area contributed by atoms with Gasteiger partial charge in [0.25, 0.3) is 5.78 Å². The van der Waals surface area contributed by atoms with Gasteiger partial charge in [0, 0.05) is 6.20 Å². The smallest absolute Gasteiger partial charge is 0.871 e. The minimum atomic E-state index is -1.05. The largest absolute Gasteiger partial charge is 1.00 e. The van der Waals surface area contributed by atoms with Crippen LogP contribution in [0.25, 0.3) is 5.76 Å². The van der Waals surface area contributed by atoms with Crippen LogP contribution in [0.3, 0.4) is 0 Å². The minimum absolute atomic E-state index is 0. The van der Waals surface area contributed by atoms with Crippen molar-refractivity contribution in [2.75, 3.05) is 6.61 Å². The van der Waals surface area contributed by atoms with E-state index in [4.69, 9.17) is 0 Å². The van der Waals surface area contributed by atoms with Gasteiger partial charge in [-0.1, -0.05) is 5.76 Å². The number of esters is 1. The van der Waals surface area contributed by atoms with E-state index in [0.29, 0.717) is 17.5 Å². The van der Waals surface area contributed by atoms with E-state index in [0.717, 1.165) is 0 Å². The molecule has 0 radical (unpaired) electrons. The molecule has 1 rings (SSSR count). The number of hydrogen-bond donors (Lipinski definition) is 0. The van der Waals surface area contributed by atoms with Crippen LogP contribution in [0.15, 0.2) is 12.3 Å². The maximum Gasteiger partial charge on any atom is 1.00 e. The van der Waals surface area contributed by atoms with Crippen molar-refractivity contribution < 1.29 is 38.3 Å². The van der Waals surface area contributed by atoms with Gasteiger partial charge in [-0.3, -0.25) is 14.8 Å². The van der Waals surface area contributed by atoms with E-state index < -0.39 is 17.5 Å². The Morgan fingerprint density at radius 1 is 1.42 bits per heavy atom. The number of hydrogen-bond acceptors (Lipinski definition) is 6. The number of aromatic nitrogens is 2. The maximum absolute atomic E-state index is 11.7. The summed E-state index contributed by atoms with van der Waals surface area (Å²) in [5.74, 6) is -2.70. The number of aryl methyl sites for hydroxylation is 2. The molecule has 0 aliphatic heterocycles. The van der Waals surface area contributed by atoms with E-state index in [9.17, 15) is 14.7 Å². The first kappa shape index (κ1) is 17.4. The molecule has 96 valence electrons. The van der Waals surface area contributed by atoms with E-state index in [1.807, 2.05) is 0 Å². The summed E-state index contributed by atoms with van der Waals surface area (Å²) in [6.07, 6.45) is 2.09. The van der Waals surface area contributed by atoms with Crippen LogP contribution in [0.5, 0.6) is 0 Å². The topological polar surface area (TPSA) is 92.2 Å². The Morgan fingerprint density at radius 3 is 2.58 bits per heavy atom. The number of carbonyl (C=O) groups is 2. The second-order valence-electron chi connectivity index (χ2n) is 3.54. The van der Waals surface area contributed by atoms with Crippen molar-refractivity contribution in [1.82, 2.24) is 9.97 Å². The number of ether oxygens (including phenoxy) is 1. The van der Waals surface area contributed by atoms with Crippen molar-refractivity contribution in [2.24, 2.45) is 0 Å². The van der Waals surface area contributed by atoms with Gasteiger partial charge in [-0.2, -0.15) is 0 Å². The van der Waals surface area contributed by atoms with Gasteiger partial charge in [0.1, 0.15) is 0 Å². The molecule has 0 aromatic carbocycles. The molecule has 0 N–H and O–H groups in total. The Bertz CT molecular complexity index is 514. The van der Waals surface area contributed by atoms with Gasteiger partial charge in [0.05, 0.1) is 23.7 Å². The second-order valence-corrected chi connectivity index (χ2v) is 3.54. The number of ketones is 1. The molecule has 0 saturated carbocycles. The number of carbonyl (C=O) groups excluding carboxylic acids is 2. The van der Waals surface area contributed by atoms with Crippen LogP contribution in [-0.2, 0) is 14.3 Å². The van der Waals surface area contributed by atoms with Crippen LogP contribution in [0.1, 0.15) is 24.0 Å². The van der Waals surface area contributed by atoms with Crippen molar-refractivity contribution in [1.29, 1.82) is 0 Å². The first-order chi connectivity index (χ1) is 8.45. The Kier molecular flexibility index (Phi) is 7.05. The molecule has 1 heterocycles. The van der Waals surface area contributed by atoms with Crippen molar-refractivity contribution in [3.8, 4) is 0 Å². The molecular weight excluding hydrogens is 243 g/mol. The van der Waals surface area contributed by atoms with Gasteiger partial charge in [0.2, 0.25) is 0 Å². The Hall–Kier alpha value is -1.64. The predicted octanol–water partition coefficient (Wildman–Crippen LogP) is -3.07. The fourth-order valence-electron chi connectivity index (χ4n) is 1.29. The molecule has 0 aliphatic carbocycles. The van der Waals surface area contributed by atoms with Crippen molar-refractivity contribution in [2.45, 2.75) is 20.8 Å². The molecule has 0 aliphatic rings. The van der Waals surface area contributed by atoms with E-state index in [2.05, 4.69) is 14.7 Å². The number of rotatable bonds is 4. The van der Waals surface area contributed by atoms with Gasteiger partial charge in [-0.25, -0.2) is 4.79 Å². The molecule has 0 amide bonds. The van der Waals surface area contributed by atoms with Crippen LogP contribution in [0, 0.1) is 13.8 Å². The predicted molar refractivity (Wildman–Crippen MR) is 61.1 cm³/mol. The standard InChI is InChI=1S/C12H14N2O4.Li/c1-4-18-12(17)10(16)5-9(15)11-8(3)14-7(2)6-13-11;/h5-6,15H,4H2,1-3H3;/q;+1/p-1. The molecule has 1 aromatic rings. The van der Waals surface area contributed by atoms with Crippen molar-refractivity contribution in [3.05, 3.63) is 29.4 Å². The van der Waals surface area contributed by atoms with Gasteiger partial charge >= 0.3 is 24.8 Å². The average Bonchev–Trinajstić information content (AvgIpc) is 2.28. The van der Waals surface area contributed by atoms with Crippen molar-refractivity contribution in [3.63, 3.8) is 0 Å². The van der Waals surface area contributed by atoms with Crippen LogP contribution >= 0.6 is 0 Å². The Balaban J connectivity index is 0.00000324. The summed E-state index contributed by atoms with van der Waals surface area (Å²) >= 11 is 0. The summed E-state index contributed by atoms with van der Waals surface area (Å²) in [4.78, 5) is 30.3. The first-order valence-corrected chi connectivity index (χ1v) is 5.36. The fourth-order valence-corrected chi connectivity index (χ4v) is 1.29. The molecule has 0 spiro atoms. The molecule has 1 aromatic heterocycles. The van der Waals surface area contributed by atoms with Gasteiger partial charge in [-0.15, -0.1) is 0 Å². The third kappa shape index (κ3) is 4.85. The normalized spacial score (nSPS) is 10.6. The summed E-state index contributed by atoms with van der Waals surface area (Å²) in [7, 11) is 0. The van der Waals surface area contributed by atoms with Crippen LogP contribution in [0.4, 0.5) is 0 Å². The Labute approximate surface area is 123 Å². The summed E-state index contributed by atoms with van der Waals surface area (Å²) in [5, 5.41) is 11.7. The molecule has 7 heteroatoms. The molecule has 0 saturated heterocycles. The maximum atomic E-state index is 11.7.